The van der Waals surface area contributed by atoms with Gasteiger partial charge in [-0.05, 0) is 57.8 Å². The van der Waals surface area contributed by atoms with Crippen molar-refractivity contribution in [1.29, 1.82) is 0 Å². The molecule has 1 amide bonds. The zero-order valence-corrected chi connectivity index (χ0v) is 40.5. The first-order valence-corrected chi connectivity index (χ1v) is 26.3. The predicted octanol–water partition coefficient (Wildman–Crippen LogP) is 13.5. The minimum absolute atomic E-state index is 0.130. The highest BCUT2D eigenvalue weighted by Gasteiger charge is 2.28. The van der Waals surface area contributed by atoms with E-state index in [2.05, 4.69) is 79.9 Å². The number of hydrogen-bond acceptors (Lipinski definition) is 8. The maximum absolute atomic E-state index is 12.4. The van der Waals surface area contributed by atoms with Crippen LogP contribution < -0.4 is 5.32 Å². The van der Waals surface area contributed by atoms with Crippen LogP contribution in [-0.4, -0.2) is 64.9 Å². The molecular formula is C51H90NO10P. The van der Waals surface area contributed by atoms with Crippen molar-refractivity contribution in [2.45, 2.75) is 225 Å². The number of aliphatic hydroxyl groups excluding tert-OH is 1. The van der Waals surface area contributed by atoms with Crippen molar-refractivity contribution in [3.8, 4) is 0 Å². The Hall–Kier alpha value is -2.82. The van der Waals surface area contributed by atoms with Crippen molar-refractivity contribution in [2.24, 2.45) is 0 Å². The minimum atomic E-state index is -4.77. The lowest BCUT2D eigenvalue weighted by molar-refractivity contribution is -0.147. The number of carbonyl (C=O) groups excluding carboxylic acids is 2. The van der Waals surface area contributed by atoms with Gasteiger partial charge in [0.05, 0.1) is 13.2 Å². The number of aliphatic carboxylic acids is 1. The van der Waals surface area contributed by atoms with Crippen LogP contribution in [0, 0.1) is 0 Å². The first kappa shape index (κ1) is 60.2. The third-order valence-corrected chi connectivity index (χ3v) is 11.5. The number of unbranched alkanes of at least 4 members (excludes halogenated alkanes) is 22. The average Bonchev–Trinajstić information content (AvgIpc) is 3.26. The van der Waals surface area contributed by atoms with Gasteiger partial charge in [-0.15, -0.1) is 0 Å². The van der Waals surface area contributed by atoms with Gasteiger partial charge in [0.2, 0.25) is 5.91 Å². The lowest BCUT2D eigenvalue weighted by Gasteiger charge is -2.18. The van der Waals surface area contributed by atoms with Gasteiger partial charge in [0.1, 0.15) is 12.7 Å². The predicted molar refractivity (Wildman–Crippen MR) is 258 cm³/mol. The molecule has 0 fully saturated rings. The molecule has 0 bridgehead atoms. The van der Waals surface area contributed by atoms with Crippen molar-refractivity contribution in [2.75, 3.05) is 19.8 Å². The number of hydrogen-bond donors (Lipinski definition) is 4. The molecule has 12 heteroatoms. The van der Waals surface area contributed by atoms with E-state index in [1.165, 1.54) is 77.0 Å². The number of esters is 1. The smallest absolute Gasteiger partial charge is 0.472 e. The van der Waals surface area contributed by atoms with Crippen LogP contribution in [0.3, 0.4) is 0 Å². The molecule has 0 spiro atoms. The van der Waals surface area contributed by atoms with Crippen molar-refractivity contribution >= 4 is 25.7 Å². The third-order valence-electron chi connectivity index (χ3n) is 10.6. The standard InChI is InChI=1S/C51H90NO10P/c1-3-5-7-9-11-13-15-17-19-21-22-23-24-25-26-27-28-30-32-34-36-38-40-42-49(54)52-48(51(56)57)46-62-63(58,59)61-45-47(53)44-60-50(55)43-41-39-37-35-33-31-29-20-18-16-14-12-10-8-6-4-2/h5,7,11,13,17,19,22-23,25-26,47-48,53H,3-4,6,8-10,12,14-16,18,20-21,24,27-46H2,1-2H3,(H,52,54)(H,56,57)(H,58,59)/b7-5-,13-11-,19-17-,23-22-,26-25-. The molecular weight excluding hydrogens is 818 g/mol. The second kappa shape index (κ2) is 45.7. The first-order valence-electron chi connectivity index (χ1n) is 24.8. The molecule has 0 rings (SSSR count). The van der Waals surface area contributed by atoms with Crippen LogP contribution in [0.1, 0.15) is 213 Å². The van der Waals surface area contributed by atoms with Crippen LogP contribution in [0.2, 0.25) is 0 Å². The van der Waals surface area contributed by atoms with Gasteiger partial charge in [0.25, 0.3) is 0 Å². The van der Waals surface area contributed by atoms with E-state index < -0.39 is 57.6 Å². The van der Waals surface area contributed by atoms with Crippen LogP contribution >= 0.6 is 7.82 Å². The number of phosphoric acid groups is 1. The molecule has 3 unspecified atom stereocenters. The second-order valence-electron chi connectivity index (χ2n) is 16.6. The Morgan fingerprint density at radius 1 is 0.524 bits per heavy atom. The van der Waals surface area contributed by atoms with Gasteiger partial charge in [-0.3, -0.25) is 18.6 Å². The molecule has 364 valence electrons. The molecule has 0 aliphatic rings. The fourth-order valence-corrected chi connectivity index (χ4v) is 7.53. The molecule has 0 aromatic carbocycles. The Bertz CT molecular complexity index is 1300. The zero-order chi connectivity index (χ0) is 46.3. The number of nitrogens with one attached hydrogen (secondary N) is 1. The summed E-state index contributed by atoms with van der Waals surface area (Å²) in [7, 11) is -4.77. The van der Waals surface area contributed by atoms with Crippen LogP contribution in [-0.2, 0) is 32.7 Å². The first-order chi connectivity index (χ1) is 30.6. The number of phosphoric ester groups is 1. The molecule has 0 saturated carbocycles. The van der Waals surface area contributed by atoms with Gasteiger partial charge in [-0.2, -0.15) is 0 Å². The van der Waals surface area contributed by atoms with Gasteiger partial charge < -0.3 is 25.2 Å². The molecule has 3 atom stereocenters. The Morgan fingerprint density at radius 3 is 1.38 bits per heavy atom. The van der Waals surface area contributed by atoms with Gasteiger partial charge in [0.15, 0.2) is 6.04 Å². The third kappa shape index (κ3) is 45.5. The highest BCUT2D eigenvalue weighted by atomic mass is 31.2. The van der Waals surface area contributed by atoms with Crippen molar-refractivity contribution in [3.63, 3.8) is 0 Å². The van der Waals surface area contributed by atoms with E-state index in [1.54, 1.807) is 0 Å². The molecule has 0 heterocycles. The molecule has 0 aliphatic heterocycles. The van der Waals surface area contributed by atoms with Crippen LogP contribution in [0.15, 0.2) is 60.8 Å². The monoisotopic (exact) mass is 908 g/mol. The van der Waals surface area contributed by atoms with Gasteiger partial charge in [0, 0.05) is 12.8 Å². The summed E-state index contributed by atoms with van der Waals surface area (Å²) in [6, 6.07) is -1.56. The summed E-state index contributed by atoms with van der Waals surface area (Å²) in [6.45, 7) is 2.50. The molecule has 0 saturated heterocycles. The number of amides is 1. The summed E-state index contributed by atoms with van der Waals surface area (Å²) in [6.07, 6.45) is 53.8. The normalized spacial score (nSPS) is 14.1. The number of carboxylic acid groups (broad SMARTS) is 1. The SMILES string of the molecule is CC/C=C\C/C=C\C/C=C\C/C=C\C/C=C\CCCCCCCCCC(=O)NC(COP(=O)(O)OCC(O)COC(=O)CCCCCCCCCCCCCCCCCC)C(=O)O. The molecule has 0 aromatic heterocycles. The molecule has 0 aromatic rings. The number of rotatable bonds is 46. The Balaban J connectivity index is 3.88. The van der Waals surface area contributed by atoms with Gasteiger partial charge in [-0.1, -0.05) is 203 Å². The van der Waals surface area contributed by atoms with E-state index >= 15 is 0 Å². The van der Waals surface area contributed by atoms with Crippen LogP contribution in [0.4, 0.5) is 0 Å². The maximum Gasteiger partial charge on any atom is 0.472 e. The Kier molecular flexibility index (Phi) is 43.7. The summed E-state index contributed by atoms with van der Waals surface area (Å²) in [4.78, 5) is 46.1. The van der Waals surface area contributed by atoms with Gasteiger partial charge >= 0.3 is 19.8 Å². The van der Waals surface area contributed by atoms with Crippen molar-refractivity contribution in [1.82, 2.24) is 5.32 Å². The fourth-order valence-electron chi connectivity index (χ4n) is 6.75. The Morgan fingerprint density at radius 2 is 0.921 bits per heavy atom. The highest BCUT2D eigenvalue weighted by Crippen LogP contribution is 2.43. The van der Waals surface area contributed by atoms with E-state index in [9.17, 15) is 34.1 Å². The van der Waals surface area contributed by atoms with E-state index in [1.807, 2.05) is 0 Å². The average molecular weight is 908 g/mol. The van der Waals surface area contributed by atoms with E-state index in [-0.39, 0.29) is 12.8 Å². The Labute approximate surface area is 383 Å². The lowest BCUT2D eigenvalue weighted by Crippen LogP contribution is -2.43. The highest BCUT2D eigenvalue weighted by molar-refractivity contribution is 7.47. The number of allylic oxidation sites excluding steroid dienone is 10. The number of aliphatic hydroxyl groups is 1. The maximum atomic E-state index is 12.4. The largest absolute Gasteiger partial charge is 0.480 e. The summed E-state index contributed by atoms with van der Waals surface area (Å²) in [5.74, 6) is -2.38. The van der Waals surface area contributed by atoms with E-state index in [0.717, 1.165) is 96.3 Å². The molecule has 0 aliphatic carbocycles. The summed E-state index contributed by atoms with van der Waals surface area (Å²) in [5.41, 5.74) is 0. The lowest BCUT2D eigenvalue weighted by atomic mass is 10.0. The molecule has 0 radical (unpaired) electrons. The number of carboxylic acids is 1. The summed E-state index contributed by atoms with van der Waals surface area (Å²) in [5, 5.41) is 21.9. The summed E-state index contributed by atoms with van der Waals surface area (Å²) < 4.78 is 26.9. The van der Waals surface area contributed by atoms with Gasteiger partial charge in [-0.25, -0.2) is 9.36 Å². The minimum Gasteiger partial charge on any atom is -0.480 e. The molecule has 11 nitrogen and oxygen atoms in total. The van der Waals surface area contributed by atoms with Crippen LogP contribution in [0.5, 0.6) is 0 Å². The van der Waals surface area contributed by atoms with Crippen LogP contribution in [0.25, 0.3) is 0 Å². The number of carbonyl (C=O) groups is 3. The zero-order valence-electron chi connectivity index (χ0n) is 39.6. The van der Waals surface area contributed by atoms with E-state index in [4.69, 9.17) is 13.8 Å². The number of ether oxygens (including phenoxy) is 1. The summed E-state index contributed by atoms with van der Waals surface area (Å²) >= 11 is 0. The quantitative estimate of drug-likeness (QED) is 0.0200. The fraction of sp³-hybridized carbons (Fsp3) is 0.745. The van der Waals surface area contributed by atoms with Crippen molar-refractivity contribution in [3.05, 3.63) is 60.8 Å². The topological polar surface area (TPSA) is 169 Å². The second-order valence-corrected chi connectivity index (χ2v) is 18.1. The van der Waals surface area contributed by atoms with Crippen molar-refractivity contribution < 1.29 is 47.8 Å². The molecule has 63 heavy (non-hydrogen) atoms. The molecule has 4 N–H and O–H groups in total. The van der Waals surface area contributed by atoms with E-state index in [0.29, 0.717) is 12.8 Å².